The van der Waals surface area contributed by atoms with Gasteiger partial charge in [-0.1, -0.05) is 25.1 Å². The zero-order chi connectivity index (χ0) is 26.4. The van der Waals surface area contributed by atoms with Crippen molar-refractivity contribution in [2.75, 3.05) is 4.72 Å². The van der Waals surface area contributed by atoms with Crippen LogP contribution >= 0.6 is 15.9 Å². The van der Waals surface area contributed by atoms with Crippen molar-refractivity contribution in [2.24, 2.45) is 5.73 Å². The van der Waals surface area contributed by atoms with Gasteiger partial charge in [-0.25, -0.2) is 4.98 Å². The summed E-state index contributed by atoms with van der Waals surface area (Å²) in [5.74, 6) is 0.248. The molecule has 2 aromatic carbocycles. The molecule has 0 bridgehead atoms. The molecule has 2 aromatic heterocycles. The van der Waals surface area contributed by atoms with Crippen molar-refractivity contribution in [3.8, 4) is 11.3 Å². The lowest BCUT2D eigenvalue weighted by atomic mass is 10.1. The molecular formula is C23H20BrF3N4O4S. The Bertz CT molecular complexity index is 1590. The number of aryl methyl sites for hydroxylation is 2. The van der Waals surface area contributed by atoms with Crippen LogP contribution in [0.4, 0.5) is 18.9 Å². The average molecular weight is 585 g/mol. The van der Waals surface area contributed by atoms with E-state index in [1.165, 1.54) is 18.2 Å². The first kappa shape index (κ1) is 25.8. The van der Waals surface area contributed by atoms with Crippen molar-refractivity contribution in [2.45, 2.75) is 32.3 Å². The van der Waals surface area contributed by atoms with E-state index >= 15 is 0 Å². The number of aromatic nitrogens is 2. The molecule has 3 N–H and O–H groups in total. The third-order valence-corrected chi connectivity index (χ3v) is 7.41. The van der Waals surface area contributed by atoms with Gasteiger partial charge in [-0.2, -0.15) is 21.6 Å². The number of hydrogen-bond donors (Lipinski definition) is 2. The maximum Gasteiger partial charge on any atom is 0.516 e. The zero-order valence-corrected chi connectivity index (χ0v) is 21.4. The maximum absolute atomic E-state index is 12.9. The fraction of sp³-hybridized carbons (Fsp3) is 0.217. The number of alkyl halides is 3. The Labute approximate surface area is 212 Å². The molecule has 0 unspecified atom stereocenters. The molecule has 0 aliphatic carbocycles. The van der Waals surface area contributed by atoms with Crippen LogP contribution in [0.25, 0.3) is 22.3 Å². The number of hydrogen-bond acceptors (Lipinski definition) is 5. The summed E-state index contributed by atoms with van der Waals surface area (Å²) in [6.45, 7) is 3.92. The molecule has 0 saturated carbocycles. The zero-order valence-electron chi connectivity index (χ0n) is 19.0. The van der Waals surface area contributed by atoms with Crippen LogP contribution in [0.2, 0.25) is 0 Å². The van der Waals surface area contributed by atoms with Gasteiger partial charge < -0.3 is 14.7 Å². The van der Waals surface area contributed by atoms with Crippen molar-refractivity contribution >= 4 is 48.5 Å². The fourth-order valence-electron chi connectivity index (χ4n) is 3.92. The third-order valence-electron chi connectivity index (χ3n) is 5.52. The van der Waals surface area contributed by atoms with Gasteiger partial charge in [-0.3, -0.25) is 9.52 Å². The lowest BCUT2D eigenvalue weighted by molar-refractivity contribution is -0.0429. The second kappa shape index (κ2) is 9.28. The van der Waals surface area contributed by atoms with Crippen LogP contribution in [0.5, 0.6) is 0 Å². The predicted octanol–water partition coefficient (Wildman–Crippen LogP) is 5.34. The largest absolute Gasteiger partial charge is 0.516 e. The van der Waals surface area contributed by atoms with E-state index in [9.17, 15) is 26.4 Å². The second-order valence-electron chi connectivity index (χ2n) is 7.94. The Balaban J connectivity index is 1.77. The van der Waals surface area contributed by atoms with Gasteiger partial charge in [-0.05, 0) is 52.7 Å². The Kier molecular flexibility index (Phi) is 6.64. The molecule has 0 saturated heterocycles. The van der Waals surface area contributed by atoms with Crippen molar-refractivity contribution in [1.82, 2.24) is 9.55 Å². The molecule has 1 amide bonds. The molecule has 4 rings (SSSR count). The van der Waals surface area contributed by atoms with E-state index in [0.717, 1.165) is 5.56 Å². The van der Waals surface area contributed by atoms with Crippen LogP contribution in [0.15, 0.2) is 51.4 Å². The Morgan fingerprint density at radius 2 is 1.92 bits per heavy atom. The smallest absolute Gasteiger partial charge is 0.455 e. The number of benzene rings is 2. The van der Waals surface area contributed by atoms with Crippen LogP contribution < -0.4 is 10.5 Å². The predicted molar refractivity (Wildman–Crippen MR) is 132 cm³/mol. The van der Waals surface area contributed by atoms with Gasteiger partial charge >= 0.3 is 15.5 Å². The van der Waals surface area contributed by atoms with Gasteiger partial charge in [0.1, 0.15) is 17.1 Å². The molecule has 4 aromatic rings. The number of para-hydroxylation sites is 1. The van der Waals surface area contributed by atoms with E-state index in [1.807, 2.05) is 6.92 Å². The van der Waals surface area contributed by atoms with Gasteiger partial charge in [0.15, 0.2) is 5.76 Å². The van der Waals surface area contributed by atoms with Gasteiger partial charge in [0.2, 0.25) is 0 Å². The molecule has 13 heteroatoms. The number of carbonyl (C=O) groups is 1. The number of imidazole rings is 1. The summed E-state index contributed by atoms with van der Waals surface area (Å²) < 4.78 is 71.8. The summed E-state index contributed by atoms with van der Waals surface area (Å²) in [7, 11) is -5.63. The number of primary amides is 1. The van der Waals surface area contributed by atoms with E-state index < -0.39 is 21.4 Å². The van der Waals surface area contributed by atoms with Gasteiger partial charge in [0, 0.05) is 23.9 Å². The third kappa shape index (κ3) is 4.60. The van der Waals surface area contributed by atoms with Crippen molar-refractivity contribution in [3.63, 3.8) is 0 Å². The Morgan fingerprint density at radius 1 is 1.22 bits per heavy atom. The molecule has 0 radical (unpaired) electrons. The van der Waals surface area contributed by atoms with Crippen molar-refractivity contribution in [1.29, 1.82) is 0 Å². The number of rotatable bonds is 7. The highest BCUT2D eigenvalue weighted by molar-refractivity contribution is 9.10. The van der Waals surface area contributed by atoms with E-state index in [1.54, 1.807) is 40.5 Å². The monoisotopic (exact) mass is 584 g/mol. The minimum absolute atomic E-state index is 0.115. The number of sulfonamides is 1. The van der Waals surface area contributed by atoms with Gasteiger partial charge in [0.05, 0.1) is 15.9 Å². The van der Waals surface area contributed by atoms with Crippen molar-refractivity contribution in [3.05, 3.63) is 69.7 Å². The Morgan fingerprint density at radius 3 is 2.56 bits per heavy atom. The number of furan rings is 1. The number of fused-ring (bicyclic) bond motifs is 1. The van der Waals surface area contributed by atoms with Crippen molar-refractivity contribution < 1.29 is 30.8 Å². The van der Waals surface area contributed by atoms with Crippen LogP contribution in [0.3, 0.4) is 0 Å². The molecule has 2 heterocycles. The first-order valence-electron chi connectivity index (χ1n) is 10.6. The number of nitrogens with two attached hydrogens (primary N) is 1. The lowest BCUT2D eigenvalue weighted by Gasteiger charge is -2.13. The normalized spacial score (nSPS) is 12.3. The average Bonchev–Trinajstić information content (AvgIpc) is 3.29. The van der Waals surface area contributed by atoms with E-state index in [-0.39, 0.29) is 17.0 Å². The molecule has 0 atom stereocenters. The van der Waals surface area contributed by atoms with Crippen LogP contribution in [0.1, 0.15) is 34.5 Å². The topological polar surface area (TPSA) is 120 Å². The molecule has 0 spiro atoms. The van der Waals surface area contributed by atoms with Gasteiger partial charge in [0.25, 0.3) is 5.91 Å². The van der Waals surface area contributed by atoms with Crippen LogP contribution in [-0.4, -0.2) is 29.4 Å². The number of nitrogens with zero attached hydrogens (tertiary/aromatic N) is 2. The molecule has 8 nitrogen and oxygen atoms in total. The van der Waals surface area contributed by atoms with Crippen LogP contribution in [-0.2, 0) is 23.0 Å². The van der Waals surface area contributed by atoms with E-state index in [2.05, 4.69) is 20.9 Å². The summed E-state index contributed by atoms with van der Waals surface area (Å²) >= 11 is 3.44. The lowest BCUT2D eigenvalue weighted by Crippen LogP contribution is -2.30. The highest BCUT2D eigenvalue weighted by atomic mass is 79.9. The second-order valence-corrected chi connectivity index (χ2v) is 10.4. The summed E-state index contributed by atoms with van der Waals surface area (Å²) in [5, 5.41) is 0.603. The van der Waals surface area contributed by atoms with E-state index in [4.69, 9.17) is 10.2 Å². The van der Waals surface area contributed by atoms with Crippen LogP contribution in [0, 0.1) is 6.92 Å². The minimum atomic E-state index is -5.63. The molecule has 0 aliphatic rings. The standard InChI is InChI=1S/C23H20BrF3N4O4S/c1-3-18-29-12(2)20(22(28)32)31(18)11-13-8-9-17-15(10-13)19(24)21(35-17)14-6-4-5-7-16(14)30-36(33,34)23(25,26)27/h4-10,30H,3,11H2,1-2H3,(H2,28,32). The number of amides is 1. The summed E-state index contributed by atoms with van der Waals surface area (Å²) in [6.07, 6.45) is 0.584. The quantitative estimate of drug-likeness (QED) is 0.304. The number of nitrogens with one attached hydrogen (secondary N) is 1. The summed E-state index contributed by atoms with van der Waals surface area (Å²) in [5.41, 5.74) is 1.96. The first-order valence-corrected chi connectivity index (χ1v) is 12.9. The maximum atomic E-state index is 12.9. The SMILES string of the molecule is CCc1nc(C)c(C(N)=O)n1Cc1ccc2oc(-c3ccccc3NS(=O)(=O)C(F)(F)F)c(Br)c2c1. The molecule has 190 valence electrons. The summed E-state index contributed by atoms with van der Waals surface area (Å²) in [4.78, 5) is 16.4. The molecule has 36 heavy (non-hydrogen) atoms. The minimum Gasteiger partial charge on any atom is -0.455 e. The molecule has 0 fully saturated rings. The molecule has 0 aliphatic heterocycles. The number of anilines is 1. The Hall–Kier alpha value is -3.32. The first-order chi connectivity index (χ1) is 16.8. The van der Waals surface area contributed by atoms with Gasteiger partial charge in [-0.15, -0.1) is 0 Å². The molecular weight excluding hydrogens is 565 g/mol. The van der Waals surface area contributed by atoms with E-state index in [0.29, 0.717) is 45.6 Å². The number of halogens is 4. The highest BCUT2D eigenvalue weighted by Crippen LogP contribution is 2.41. The summed E-state index contributed by atoms with van der Waals surface area (Å²) in [6, 6.07) is 10.9. The highest BCUT2D eigenvalue weighted by Gasteiger charge is 2.46. The number of carbonyl (C=O) groups excluding carboxylic acids is 1. The fourth-order valence-corrected chi connectivity index (χ4v) is 5.11.